The molecule has 5 rings (SSSR count). The summed E-state index contributed by atoms with van der Waals surface area (Å²) in [5, 5.41) is 8.00. The quantitative estimate of drug-likeness (QED) is 0.135. The molecule has 4 N–H and O–H groups in total. The molecular weight excluding hydrogens is 508 g/mol. The van der Waals surface area contributed by atoms with Crippen molar-refractivity contribution in [3.05, 3.63) is 36.5 Å². The number of amides is 1. The van der Waals surface area contributed by atoms with Crippen molar-refractivity contribution in [3.8, 4) is 5.75 Å². The van der Waals surface area contributed by atoms with Crippen LogP contribution in [0.4, 0.5) is 17.5 Å². The maximum absolute atomic E-state index is 11.9. The molecule has 10 nitrogen and oxygen atoms in total. The SMILES string of the molecule is O=C(CCCCCCOc1ccc(Nc2nc(NC3CCCCC3)c3cc[nH]c3n2)cc1)NOC1CCCCO1. The second kappa shape index (κ2) is 14.9. The molecule has 1 saturated carbocycles. The van der Waals surface area contributed by atoms with E-state index in [2.05, 4.69) is 26.1 Å². The van der Waals surface area contributed by atoms with E-state index < -0.39 is 0 Å². The first-order valence-corrected chi connectivity index (χ1v) is 14.9. The van der Waals surface area contributed by atoms with Crippen molar-refractivity contribution in [2.24, 2.45) is 0 Å². The van der Waals surface area contributed by atoms with Crippen LogP contribution in [0.15, 0.2) is 36.5 Å². The lowest BCUT2D eigenvalue weighted by atomic mass is 9.95. The fourth-order valence-electron chi connectivity index (χ4n) is 5.23. The van der Waals surface area contributed by atoms with Gasteiger partial charge in [-0.05, 0) is 68.9 Å². The fraction of sp³-hybridized carbons (Fsp3) is 0.567. The van der Waals surface area contributed by atoms with Gasteiger partial charge in [-0.25, -0.2) is 10.3 Å². The topological polar surface area (TPSA) is 122 Å². The number of carbonyl (C=O) groups is 1. The maximum atomic E-state index is 11.9. The van der Waals surface area contributed by atoms with Gasteiger partial charge in [-0.15, -0.1) is 0 Å². The zero-order valence-electron chi connectivity index (χ0n) is 23.3. The number of hydrogen-bond acceptors (Lipinski definition) is 8. The highest BCUT2D eigenvalue weighted by Gasteiger charge is 2.17. The number of hydrogen-bond donors (Lipinski definition) is 4. The molecule has 10 heteroatoms. The van der Waals surface area contributed by atoms with Gasteiger partial charge in [-0.3, -0.25) is 4.79 Å². The highest BCUT2D eigenvalue weighted by atomic mass is 16.8. The number of rotatable bonds is 14. The molecule has 1 aromatic carbocycles. The Balaban J connectivity index is 0.993. The highest BCUT2D eigenvalue weighted by Crippen LogP contribution is 2.27. The molecular formula is C30H42N6O4. The van der Waals surface area contributed by atoms with E-state index in [1.165, 1.54) is 32.1 Å². The van der Waals surface area contributed by atoms with Crippen LogP contribution in [0.5, 0.6) is 5.75 Å². The van der Waals surface area contributed by atoms with Crippen molar-refractivity contribution in [3.63, 3.8) is 0 Å². The summed E-state index contributed by atoms with van der Waals surface area (Å²) in [5.41, 5.74) is 4.24. The smallest absolute Gasteiger partial charge is 0.243 e. The van der Waals surface area contributed by atoms with E-state index >= 15 is 0 Å². The number of aromatic amines is 1. The lowest BCUT2D eigenvalue weighted by Crippen LogP contribution is -2.32. The zero-order chi connectivity index (χ0) is 27.4. The van der Waals surface area contributed by atoms with Crippen LogP contribution in [0.25, 0.3) is 11.0 Å². The average Bonchev–Trinajstić information content (AvgIpc) is 3.47. The van der Waals surface area contributed by atoms with E-state index in [4.69, 9.17) is 19.3 Å². The van der Waals surface area contributed by atoms with Crippen LogP contribution >= 0.6 is 0 Å². The predicted octanol–water partition coefficient (Wildman–Crippen LogP) is 6.35. The summed E-state index contributed by atoms with van der Waals surface area (Å²) in [7, 11) is 0. The third kappa shape index (κ3) is 8.56. The molecule has 2 aromatic heterocycles. The maximum Gasteiger partial charge on any atom is 0.243 e. The minimum absolute atomic E-state index is 0.0888. The van der Waals surface area contributed by atoms with Gasteiger partial charge >= 0.3 is 0 Å². The van der Waals surface area contributed by atoms with Gasteiger partial charge in [-0.2, -0.15) is 9.97 Å². The molecule has 1 amide bonds. The Kier molecular flexibility index (Phi) is 10.5. The van der Waals surface area contributed by atoms with Crippen LogP contribution in [0, 0.1) is 0 Å². The summed E-state index contributed by atoms with van der Waals surface area (Å²) >= 11 is 0. The number of nitrogens with one attached hydrogen (secondary N) is 4. The van der Waals surface area contributed by atoms with Crippen LogP contribution in [0.2, 0.25) is 0 Å². The van der Waals surface area contributed by atoms with E-state index in [1.54, 1.807) is 0 Å². The second-order valence-corrected chi connectivity index (χ2v) is 10.7. The van der Waals surface area contributed by atoms with Crippen LogP contribution in [-0.4, -0.2) is 46.4 Å². The number of nitrogens with zero attached hydrogens (tertiary/aromatic N) is 2. The molecule has 1 aliphatic carbocycles. The monoisotopic (exact) mass is 550 g/mol. The largest absolute Gasteiger partial charge is 0.494 e. The molecule has 0 bridgehead atoms. The molecule has 40 heavy (non-hydrogen) atoms. The minimum Gasteiger partial charge on any atom is -0.494 e. The van der Waals surface area contributed by atoms with Crippen LogP contribution in [-0.2, 0) is 14.4 Å². The molecule has 1 saturated heterocycles. The first-order chi connectivity index (χ1) is 19.7. The van der Waals surface area contributed by atoms with Crippen molar-refractivity contribution in [1.82, 2.24) is 20.4 Å². The molecule has 1 atom stereocenters. The van der Waals surface area contributed by atoms with Gasteiger partial charge < -0.3 is 25.1 Å². The number of hydroxylamine groups is 1. The molecule has 3 aromatic rings. The molecule has 1 aliphatic heterocycles. The van der Waals surface area contributed by atoms with E-state index in [9.17, 15) is 4.79 Å². The molecule has 0 spiro atoms. The highest BCUT2D eigenvalue weighted by molar-refractivity contribution is 5.88. The van der Waals surface area contributed by atoms with Gasteiger partial charge in [0.05, 0.1) is 12.0 Å². The molecule has 2 fully saturated rings. The van der Waals surface area contributed by atoms with E-state index in [1.807, 2.05) is 36.5 Å². The molecule has 2 aliphatic rings. The number of benzene rings is 1. The number of aromatic nitrogens is 3. The van der Waals surface area contributed by atoms with E-state index in [0.717, 1.165) is 73.2 Å². The molecule has 0 radical (unpaired) electrons. The number of ether oxygens (including phenoxy) is 2. The third-order valence-electron chi connectivity index (χ3n) is 7.48. The molecule has 216 valence electrons. The van der Waals surface area contributed by atoms with Gasteiger partial charge in [-0.1, -0.05) is 32.1 Å². The zero-order valence-corrected chi connectivity index (χ0v) is 23.3. The first-order valence-electron chi connectivity index (χ1n) is 14.9. The summed E-state index contributed by atoms with van der Waals surface area (Å²) in [5.74, 6) is 2.18. The summed E-state index contributed by atoms with van der Waals surface area (Å²) in [4.78, 5) is 29.9. The Morgan fingerprint density at radius 3 is 2.60 bits per heavy atom. The Bertz CT molecular complexity index is 1190. The molecule has 1 unspecified atom stereocenters. The van der Waals surface area contributed by atoms with Gasteiger partial charge in [0, 0.05) is 37.4 Å². The summed E-state index contributed by atoms with van der Waals surface area (Å²) in [6.07, 6.45) is 15.0. The Morgan fingerprint density at radius 2 is 1.77 bits per heavy atom. The van der Waals surface area contributed by atoms with Crippen molar-refractivity contribution in [2.45, 2.75) is 95.8 Å². The van der Waals surface area contributed by atoms with Gasteiger partial charge in [0.25, 0.3) is 0 Å². The van der Waals surface area contributed by atoms with E-state index in [-0.39, 0.29) is 12.2 Å². The third-order valence-corrected chi connectivity index (χ3v) is 7.48. The fourth-order valence-corrected chi connectivity index (χ4v) is 5.23. The number of carbonyl (C=O) groups excluding carboxylic acids is 1. The normalized spacial score (nSPS) is 17.9. The Morgan fingerprint density at radius 1 is 0.950 bits per heavy atom. The van der Waals surface area contributed by atoms with Gasteiger partial charge in [0.15, 0.2) is 6.29 Å². The first kappa shape index (κ1) is 28.2. The Hall–Kier alpha value is -3.37. The predicted molar refractivity (Wildman–Crippen MR) is 156 cm³/mol. The summed E-state index contributed by atoms with van der Waals surface area (Å²) in [6.45, 7) is 1.34. The van der Waals surface area contributed by atoms with E-state index in [0.29, 0.717) is 31.6 Å². The van der Waals surface area contributed by atoms with Crippen molar-refractivity contribution < 1.29 is 19.1 Å². The number of unbranched alkanes of at least 4 members (excludes halogenated alkanes) is 3. The van der Waals surface area contributed by atoms with Gasteiger partial charge in [0.1, 0.15) is 17.2 Å². The van der Waals surface area contributed by atoms with Gasteiger partial charge in [0.2, 0.25) is 11.9 Å². The lowest BCUT2D eigenvalue weighted by Gasteiger charge is -2.23. The standard InChI is InChI=1S/C30H42N6O4/c37-26(36-40-27-13-7-9-21-39-27)12-6-1-2-8-20-38-24-16-14-23(15-17-24)33-30-34-28-25(18-19-31-28)29(35-30)32-22-10-4-3-5-11-22/h14-19,22,27H,1-13,20-21H2,(H,36,37)(H3,31,32,33,34,35). The van der Waals surface area contributed by atoms with Crippen molar-refractivity contribution in [2.75, 3.05) is 23.8 Å². The van der Waals surface area contributed by atoms with Crippen LogP contribution in [0.3, 0.4) is 0 Å². The minimum atomic E-state index is -0.303. The number of fused-ring (bicyclic) bond motifs is 1. The number of H-pyrrole nitrogens is 1. The van der Waals surface area contributed by atoms with Crippen LogP contribution in [0.1, 0.15) is 83.5 Å². The summed E-state index contributed by atoms with van der Waals surface area (Å²) < 4.78 is 11.4. The second-order valence-electron chi connectivity index (χ2n) is 10.7. The number of anilines is 3. The Labute approximate surface area is 235 Å². The summed E-state index contributed by atoms with van der Waals surface area (Å²) in [6, 6.07) is 10.4. The lowest BCUT2D eigenvalue weighted by molar-refractivity contribution is -0.200. The molecule has 3 heterocycles. The van der Waals surface area contributed by atoms with Crippen LogP contribution < -0.4 is 20.9 Å². The van der Waals surface area contributed by atoms with Crippen molar-refractivity contribution in [1.29, 1.82) is 0 Å². The van der Waals surface area contributed by atoms with Crippen molar-refractivity contribution >= 4 is 34.4 Å². The average molecular weight is 551 g/mol.